The maximum Gasteiger partial charge on any atom is 0.0595 e. The van der Waals surface area contributed by atoms with Gasteiger partial charge in [0.15, 0.2) is 0 Å². The van der Waals surface area contributed by atoms with Crippen molar-refractivity contribution in [1.29, 1.82) is 0 Å². The van der Waals surface area contributed by atoms with Crippen LogP contribution in [0.5, 0.6) is 0 Å². The molecule has 2 nitrogen and oxygen atoms in total. The predicted molar refractivity (Wildman–Crippen MR) is 83.3 cm³/mol. The topological polar surface area (TPSA) is 6.48 Å². The van der Waals surface area contributed by atoms with Gasteiger partial charge in [-0.25, -0.2) is 0 Å². The van der Waals surface area contributed by atoms with Crippen LogP contribution in [0.1, 0.15) is 18.4 Å². The Morgan fingerprint density at radius 1 is 1.05 bits per heavy atom. The second-order valence-electron chi connectivity index (χ2n) is 5.35. The lowest BCUT2D eigenvalue weighted by Gasteiger charge is -2.21. The van der Waals surface area contributed by atoms with Crippen LogP contribution in [0.2, 0.25) is 10.0 Å². The molecule has 1 aliphatic rings. The molecule has 1 aromatic carbocycles. The zero-order chi connectivity index (χ0) is 13.7. The van der Waals surface area contributed by atoms with Crippen LogP contribution in [0.4, 0.5) is 0 Å². The van der Waals surface area contributed by atoms with E-state index in [0.29, 0.717) is 10.0 Å². The quantitative estimate of drug-likeness (QED) is 0.466. The molecule has 2 rings (SSSR count). The summed E-state index contributed by atoms with van der Waals surface area (Å²) in [6.07, 6.45) is 3.76. The maximum atomic E-state index is 6.02. The largest absolute Gasteiger partial charge is 1.00 e. The van der Waals surface area contributed by atoms with E-state index in [2.05, 4.69) is 22.9 Å². The number of halogens is 4. The molecule has 0 unspecified atom stereocenters. The van der Waals surface area contributed by atoms with E-state index in [1.54, 1.807) is 0 Å². The van der Waals surface area contributed by atoms with Gasteiger partial charge in [0.25, 0.3) is 0 Å². The molecule has 1 aromatic rings. The first-order valence-corrected chi connectivity index (χ1v) is 7.75. The normalized spacial score (nSPS) is 14.9. The van der Waals surface area contributed by atoms with Crippen LogP contribution < -0.4 is 34.0 Å². The zero-order valence-corrected chi connectivity index (χ0v) is 17.0. The van der Waals surface area contributed by atoms with Crippen LogP contribution in [0.25, 0.3) is 0 Å². The second kappa shape index (κ2) is 11.3. The summed E-state index contributed by atoms with van der Waals surface area (Å²) >= 11 is 11.9. The highest BCUT2D eigenvalue weighted by Crippen LogP contribution is 2.22. The van der Waals surface area contributed by atoms with Gasteiger partial charge in [-0.1, -0.05) is 29.3 Å². The molecule has 0 aliphatic carbocycles. The molecule has 0 spiro atoms. The first kappa shape index (κ1) is 21.7. The van der Waals surface area contributed by atoms with Gasteiger partial charge < -0.3 is 43.8 Å². The Morgan fingerprint density at radius 3 is 2.33 bits per heavy atom. The second-order valence-corrected chi connectivity index (χ2v) is 6.16. The van der Waals surface area contributed by atoms with Crippen molar-refractivity contribution in [3.05, 3.63) is 33.8 Å². The molecular weight excluding hydrogens is 439 g/mol. The van der Waals surface area contributed by atoms with Gasteiger partial charge in [-0.3, -0.25) is 0 Å². The molecular formula is C15H22Br2Cl2N2-2. The summed E-state index contributed by atoms with van der Waals surface area (Å²) in [6.45, 7) is 5.95. The first-order chi connectivity index (χ1) is 9.15. The number of hydrogen-bond acceptors (Lipinski definition) is 2. The highest BCUT2D eigenvalue weighted by Gasteiger charge is 2.11. The van der Waals surface area contributed by atoms with E-state index in [1.807, 2.05) is 12.1 Å². The lowest BCUT2D eigenvalue weighted by Crippen LogP contribution is -3.00. The molecule has 0 aromatic heterocycles. The predicted octanol–water partition coefficient (Wildman–Crippen LogP) is -2.43. The van der Waals surface area contributed by atoms with Gasteiger partial charge in [-0.2, -0.15) is 0 Å². The summed E-state index contributed by atoms with van der Waals surface area (Å²) in [5.74, 6) is 0. The zero-order valence-electron chi connectivity index (χ0n) is 12.3. The van der Waals surface area contributed by atoms with Crippen LogP contribution in [-0.2, 0) is 6.42 Å². The summed E-state index contributed by atoms with van der Waals surface area (Å²) in [5.41, 5.74) is 1.25. The Labute approximate surface area is 159 Å². The lowest BCUT2D eigenvalue weighted by atomic mass is 10.1. The molecule has 0 radical (unpaired) electrons. The summed E-state index contributed by atoms with van der Waals surface area (Å²) < 4.78 is 0. The Kier molecular flexibility index (Phi) is 11.6. The summed E-state index contributed by atoms with van der Waals surface area (Å²) in [5, 5.41) is 1.28. The molecule has 6 heteroatoms. The van der Waals surface area contributed by atoms with Crippen molar-refractivity contribution in [3.8, 4) is 0 Å². The average molecular weight is 461 g/mol. The summed E-state index contributed by atoms with van der Waals surface area (Å²) in [4.78, 5) is 4.94. The van der Waals surface area contributed by atoms with Crippen molar-refractivity contribution in [3.63, 3.8) is 0 Å². The summed E-state index contributed by atoms with van der Waals surface area (Å²) in [6, 6.07) is 5.91. The van der Waals surface area contributed by atoms with Crippen molar-refractivity contribution in [1.82, 2.24) is 9.80 Å². The SMILES string of the molecule is CN(CCc1ccc(Cl)c(Cl)c1)CCN1CCCC1.[Br-].[Br-]. The van der Waals surface area contributed by atoms with Crippen molar-refractivity contribution in [2.45, 2.75) is 19.3 Å². The van der Waals surface area contributed by atoms with Gasteiger partial charge in [0.05, 0.1) is 10.0 Å². The Hall–Kier alpha value is 0.680. The number of benzene rings is 1. The van der Waals surface area contributed by atoms with Gasteiger partial charge in [-0.15, -0.1) is 0 Å². The molecule has 1 aliphatic heterocycles. The fourth-order valence-corrected chi connectivity index (χ4v) is 2.77. The smallest absolute Gasteiger partial charge is 0.0595 e. The first-order valence-electron chi connectivity index (χ1n) is 7.00. The fraction of sp³-hybridized carbons (Fsp3) is 0.600. The molecule has 1 saturated heterocycles. The third kappa shape index (κ3) is 7.67. The highest BCUT2D eigenvalue weighted by molar-refractivity contribution is 6.42. The van der Waals surface area contributed by atoms with E-state index in [4.69, 9.17) is 23.2 Å². The van der Waals surface area contributed by atoms with Gasteiger partial charge in [0, 0.05) is 19.6 Å². The standard InChI is InChI=1S/C15H22Cl2N2.2BrH/c1-18(10-11-19-7-2-3-8-19)9-6-13-4-5-14(16)15(17)12-13;;/h4-5,12H,2-3,6-11H2,1H3;2*1H/p-2. The number of rotatable bonds is 6. The monoisotopic (exact) mass is 458 g/mol. The van der Waals surface area contributed by atoms with Crippen LogP contribution in [0, 0.1) is 0 Å². The van der Waals surface area contributed by atoms with Crippen LogP contribution in [-0.4, -0.2) is 49.6 Å². The lowest BCUT2D eigenvalue weighted by molar-refractivity contribution is -0.001000. The molecule has 0 atom stereocenters. The third-order valence-corrected chi connectivity index (χ3v) is 4.50. The Bertz CT molecular complexity index is 413. The molecule has 0 amide bonds. The van der Waals surface area contributed by atoms with Crippen LogP contribution in [0.3, 0.4) is 0 Å². The minimum absolute atomic E-state index is 0. The minimum atomic E-state index is 0. The summed E-state index contributed by atoms with van der Waals surface area (Å²) in [7, 11) is 2.19. The number of hydrogen-bond donors (Lipinski definition) is 0. The fourth-order valence-electron chi connectivity index (χ4n) is 2.45. The van der Waals surface area contributed by atoms with Crippen molar-refractivity contribution < 1.29 is 34.0 Å². The van der Waals surface area contributed by atoms with Gasteiger partial charge in [0.1, 0.15) is 0 Å². The van der Waals surface area contributed by atoms with Gasteiger partial charge in [-0.05, 0) is 57.1 Å². The average Bonchev–Trinajstić information content (AvgIpc) is 2.91. The molecule has 122 valence electrons. The van der Waals surface area contributed by atoms with E-state index in [9.17, 15) is 0 Å². The van der Waals surface area contributed by atoms with E-state index in [1.165, 1.54) is 38.0 Å². The van der Waals surface area contributed by atoms with Gasteiger partial charge >= 0.3 is 0 Å². The van der Waals surface area contributed by atoms with Crippen molar-refractivity contribution in [2.24, 2.45) is 0 Å². The third-order valence-electron chi connectivity index (χ3n) is 3.76. The van der Waals surface area contributed by atoms with Crippen LogP contribution >= 0.6 is 23.2 Å². The Morgan fingerprint density at radius 2 is 1.71 bits per heavy atom. The van der Waals surface area contributed by atoms with E-state index in [-0.39, 0.29) is 34.0 Å². The molecule has 0 N–H and O–H groups in total. The molecule has 1 fully saturated rings. The van der Waals surface area contributed by atoms with Crippen molar-refractivity contribution in [2.75, 3.05) is 39.8 Å². The van der Waals surface area contributed by atoms with Gasteiger partial charge in [0.2, 0.25) is 0 Å². The maximum absolute atomic E-state index is 6.02. The molecule has 21 heavy (non-hydrogen) atoms. The number of likely N-dealkylation sites (tertiary alicyclic amines) is 1. The van der Waals surface area contributed by atoms with Crippen molar-refractivity contribution >= 4 is 23.2 Å². The van der Waals surface area contributed by atoms with Crippen LogP contribution in [0.15, 0.2) is 18.2 Å². The molecule has 0 saturated carbocycles. The van der Waals surface area contributed by atoms with E-state index in [0.717, 1.165) is 19.5 Å². The minimum Gasteiger partial charge on any atom is -1.00 e. The number of likely N-dealkylation sites (N-methyl/N-ethyl adjacent to an activating group) is 1. The van der Waals surface area contributed by atoms with E-state index < -0.39 is 0 Å². The highest BCUT2D eigenvalue weighted by atomic mass is 79.9. The molecule has 1 heterocycles. The Balaban J connectivity index is 0.00000200. The number of nitrogens with zero attached hydrogens (tertiary/aromatic N) is 2. The molecule has 0 bridgehead atoms. The van der Waals surface area contributed by atoms with E-state index >= 15 is 0 Å².